The van der Waals surface area contributed by atoms with Crippen LogP contribution in [0.25, 0.3) is 0 Å². The number of fused-ring (bicyclic) bond motifs is 3. The Balaban J connectivity index is 1.67. The molecule has 0 spiro atoms. The first kappa shape index (κ1) is 15.4. The third kappa shape index (κ3) is 2.65. The molecule has 6 heteroatoms. The first-order valence-corrected chi connectivity index (χ1v) is 8.29. The van der Waals surface area contributed by atoms with Crippen LogP contribution in [0.1, 0.15) is 35.5 Å². The van der Waals surface area contributed by atoms with Crippen molar-refractivity contribution in [1.82, 2.24) is 14.9 Å². The lowest BCUT2D eigenvalue weighted by Gasteiger charge is -2.28. The van der Waals surface area contributed by atoms with E-state index >= 15 is 0 Å². The molecule has 24 heavy (non-hydrogen) atoms. The predicted octanol–water partition coefficient (Wildman–Crippen LogP) is 2.49. The molecule has 0 amide bonds. The van der Waals surface area contributed by atoms with E-state index in [0.29, 0.717) is 30.8 Å². The summed E-state index contributed by atoms with van der Waals surface area (Å²) in [5.41, 5.74) is 1.91. The van der Waals surface area contributed by atoms with Gasteiger partial charge in [0.2, 0.25) is 0 Å². The lowest BCUT2D eigenvalue weighted by Crippen LogP contribution is -2.36. The van der Waals surface area contributed by atoms with E-state index in [1.54, 1.807) is 6.92 Å². The zero-order valence-corrected chi connectivity index (χ0v) is 13.5. The van der Waals surface area contributed by atoms with E-state index in [2.05, 4.69) is 14.9 Å². The molecule has 2 aliphatic heterocycles. The topological polar surface area (TPSA) is 49.0 Å². The van der Waals surface area contributed by atoms with Crippen molar-refractivity contribution in [3.8, 4) is 0 Å². The lowest BCUT2D eigenvalue weighted by molar-refractivity contribution is 0.185. The van der Waals surface area contributed by atoms with Crippen LogP contribution in [0.2, 0.25) is 0 Å². The number of aromatic amines is 1. The molecule has 4 rings (SSSR count). The lowest BCUT2D eigenvalue weighted by atomic mass is 9.98. The Hall–Kier alpha value is -2.08. The van der Waals surface area contributed by atoms with Crippen molar-refractivity contribution >= 4 is 0 Å². The standard InChI is InChI=1S/C18H19F2N3O/c1-10-21-17-8-14-4-3-13(7-15(17)18(24)22-10)23(14)9-11-6-12(19)2-5-16(11)20/h2,5-6,13-14H,3-4,7-9H2,1H3,(H,21,22,24)/t13-,14-/m0/s1. The van der Waals surface area contributed by atoms with Crippen LogP contribution in [0.3, 0.4) is 0 Å². The Morgan fingerprint density at radius 2 is 2.00 bits per heavy atom. The molecule has 3 heterocycles. The van der Waals surface area contributed by atoms with Crippen LogP contribution in [0, 0.1) is 18.6 Å². The second-order valence-electron chi connectivity index (χ2n) is 6.78. The van der Waals surface area contributed by atoms with Crippen LogP contribution in [-0.2, 0) is 19.4 Å². The molecule has 0 radical (unpaired) electrons. The van der Waals surface area contributed by atoms with Gasteiger partial charge in [0.05, 0.1) is 5.69 Å². The minimum atomic E-state index is -0.425. The molecular weight excluding hydrogens is 312 g/mol. The third-order valence-electron chi connectivity index (χ3n) is 5.22. The summed E-state index contributed by atoms with van der Waals surface area (Å²) in [6.07, 6.45) is 3.27. The van der Waals surface area contributed by atoms with Gasteiger partial charge >= 0.3 is 0 Å². The van der Waals surface area contributed by atoms with Gasteiger partial charge in [-0.3, -0.25) is 9.69 Å². The Morgan fingerprint density at radius 1 is 1.25 bits per heavy atom. The maximum Gasteiger partial charge on any atom is 0.254 e. The van der Waals surface area contributed by atoms with Crippen molar-refractivity contribution in [1.29, 1.82) is 0 Å². The third-order valence-corrected chi connectivity index (χ3v) is 5.22. The highest BCUT2D eigenvalue weighted by Gasteiger charge is 2.38. The summed E-state index contributed by atoms with van der Waals surface area (Å²) in [4.78, 5) is 21.8. The molecule has 0 saturated carbocycles. The van der Waals surface area contributed by atoms with E-state index in [0.717, 1.165) is 30.2 Å². The molecular formula is C18H19F2N3O. The van der Waals surface area contributed by atoms with Crippen molar-refractivity contribution < 1.29 is 8.78 Å². The van der Waals surface area contributed by atoms with Crippen molar-refractivity contribution in [2.45, 2.75) is 51.2 Å². The Bertz CT molecular complexity index is 849. The average molecular weight is 331 g/mol. The molecule has 1 aromatic heterocycles. The first-order valence-electron chi connectivity index (χ1n) is 8.29. The van der Waals surface area contributed by atoms with Crippen molar-refractivity contribution in [2.75, 3.05) is 0 Å². The zero-order valence-electron chi connectivity index (χ0n) is 13.5. The van der Waals surface area contributed by atoms with E-state index in [9.17, 15) is 13.6 Å². The quantitative estimate of drug-likeness (QED) is 0.920. The van der Waals surface area contributed by atoms with Crippen LogP contribution in [0.4, 0.5) is 8.78 Å². The minimum Gasteiger partial charge on any atom is -0.311 e. The Labute approximate surface area is 138 Å². The number of hydrogen-bond acceptors (Lipinski definition) is 3. The fraction of sp³-hybridized carbons (Fsp3) is 0.444. The van der Waals surface area contributed by atoms with Crippen LogP contribution in [0.15, 0.2) is 23.0 Å². The minimum absolute atomic E-state index is 0.0677. The van der Waals surface area contributed by atoms with E-state index < -0.39 is 5.82 Å². The number of halogens is 2. The number of aryl methyl sites for hydroxylation is 1. The fourth-order valence-electron chi connectivity index (χ4n) is 4.08. The molecule has 1 aromatic carbocycles. The number of rotatable bonds is 2. The molecule has 2 aliphatic rings. The van der Waals surface area contributed by atoms with Crippen LogP contribution >= 0.6 is 0 Å². The summed E-state index contributed by atoms with van der Waals surface area (Å²) in [6.45, 7) is 2.15. The van der Waals surface area contributed by atoms with Gasteiger partial charge in [-0.1, -0.05) is 0 Å². The molecule has 1 saturated heterocycles. The van der Waals surface area contributed by atoms with E-state index in [-0.39, 0.29) is 23.5 Å². The van der Waals surface area contributed by atoms with Crippen molar-refractivity contribution in [3.05, 3.63) is 62.8 Å². The van der Waals surface area contributed by atoms with Gasteiger partial charge in [-0.2, -0.15) is 0 Å². The summed E-state index contributed by atoms with van der Waals surface area (Å²) in [7, 11) is 0. The van der Waals surface area contributed by atoms with E-state index in [4.69, 9.17) is 0 Å². The molecule has 126 valence electrons. The number of H-pyrrole nitrogens is 1. The highest BCUT2D eigenvalue weighted by molar-refractivity contribution is 5.25. The monoisotopic (exact) mass is 331 g/mol. The summed E-state index contributed by atoms with van der Waals surface area (Å²) in [5.74, 6) is -0.186. The molecule has 2 atom stereocenters. The van der Waals surface area contributed by atoms with Gasteiger partial charge in [-0.15, -0.1) is 0 Å². The van der Waals surface area contributed by atoms with E-state index in [1.807, 2.05) is 0 Å². The fourth-order valence-corrected chi connectivity index (χ4v) is 4.08. The number of nitrogens with one attached hydrogen (secondary N) is 1. The van der Waals surface area contributed by atoms with Crippen molar-refractivity contribution in [3.63, 3.8) is 0 Å². The Morgan fingerprint density at radius 3 is 2.79 bits per heavy atom. The largest absolute Gasteiger partial charge is 0.311 e. The molecule has 0 unspecified atom stereocenters. The molecule has 2 aromatic rings. The number of nitrogens with zero attached hydrogens (tertiary/aromatic N) is 2. The summed E-state index contributed by atoms with van der Waals surface area (Å²) < 4.78 is 27.5. The molecule has 1 N–H and O–H groups in total. The van der Waals surface area contributed by atoms with Gasteiger partial charge in [0.1, 0.15) is 17.5 Å². The second kappa shape index (κ2) is 5.77. The zero-order chi connectivity index (χ0) is 16.8. The summed E-state index contributed by atoms with van der Waals surface area (Å²) >= 11 is 0. The van der Waals surface area contributed by atoms with Crippen LogP contribution in [-0.4, -0.2) is 27.0 Å². The van der Waals surface area contributed by atoms with Crippen LogP contribution < -0.4 is 5.56 Å². The highest BCUT2D eigenvalue weighted by Crippen LogP contribution is 2.34. The molecule has 0 aliphatic carbocycles. The summed E-state index contributed by atoms with van der Waals surface area (Å²) in [5, 5.41) is 0. The smallest absolute Gasteiger partial charge is 0.254 e. The van der Waals surface area contributed by atoms with E-state index in [1.165, 1.54) is 12.1 Å². The molecule has 1 fully saturated rings. The summed E-state index contributed by atoms with van der Waals surface area (Å²) in [6, 6.07) is 3.96. The maximum absolute atomic E-state index is 14.0. The SMILES string of the molecule is Cc1nc2c(c(=O)[nH]1)C[C@@H]1CC[C@@H](C2)N1Cc1cc(F)ccc1F. The van der Waals surface area contributed by atoms with Crippen molar-refractivity contribution in [2.24, 2.45) is 0 Å². The van der Waals surface area contributed by atoms with Crippen LogP contribution in [0.5, 0.6) is 0 Å². The number of benzene rings is 1. The molecule has 2 bridgehead atoms. The van der Waals surface area contributed by atoms with Gasteiger partial charge < -0.3 is 4.98 Å². The number of aromatic nitrogens is 2. The second-order valence-corrected chi connectivity index (χ2v) is 6.78. The highest BCUT2D eigenvalue weighted by atomic mass is 19.1. The number of hydrogen-bond donors (Lipinski definition) is 1. The normalized spacial score (nSPS) is 23.1. The molecule has 4 nitrogen and oxygen atoms in total. The van der Waals surface area contributed by atoms with Gasteiger partial charge in [0, 0.05) is 36.2 Å². The average Bonchev–Trinajstić information content (AvgIpc) is 2.79. The maximum atomic E-state index is 14.0. The first-order chi connectivity index (χ1) is 11.5. The predicted molar refractivity (Wildman–Crippen MR) is 85.7 cm³/mol. The van der Waals surface area contributed by atoms with Gasteiger partial charge in [0.25, 0.3) is 5.56 Å². The van der Waals surface area contributed by atoms with Gasteiger partial charge in [0.15, 0.2) is 0 Å². The van der Waals surface area contributed by atoms with Gasteiger partial charge in [-0.25, -0.2) is 13.8 Å². The van der Waals surface area contributed by atoms with Gasteiger partial charge in [-0.05, 0) is 44.4 Å². The Kier molecular flexibility index (Phi) is 3.72.